The summed E-state index contributed by atoms with van der Waals surface area (Å²) >= 11 is 0. The van der Waals surface area contributed by atoms with E-state index in [2.05, 4.69) is 37.9 Å². The van der Waals surface area contributed by atoms with Crippen LogP contribution in [0.1, 0.15) is 118 Å². The second kappa shape index (κ2) is 18.4. The van der Waals surface area contributed by atoms with Crippen LogP contribution in [0.4, 0.5) is 0 Å². The molecular formula is C37H45N3O3. The minimum atomic E-state index is -0.607. The minimum absolute atomic E-state index is 0.00784. The van der Waals surface area contributed by atoms with Crippen LogP contribution in [0.25, 0.3) is 11.3 Å². The normalized spacial score (nSPS) is 11.4. The van der Waals surface area contributed by atoms with Crippen LogP contribution in [0.15, 0.2) is 54.7 Å². The quantitative estimate of drug-likeness (QED) is 0.0845. The topological polar surface area (TPSA) is 96.0 Å². The molecule has 226 valence electrons. The van der Waals surface area contributed by atoms with Crippen molar-refractivity contribution in [2.45, 2.75) is 97.8 Å². The van der Waals surface area contributed by atoms with Crippen molar-refractivity contribution in [2.75, 3.05) is 6.61 Å². The number of aryl methyl sites for hydroxylation is 1. The van der Waals surface area contributed by atoms with Crippen LogP contribution in [0.5, 0.6) is 11.5 Å². The molecule has 1 heterocycles. The summed E-state index contributed by atoms with van der Waals surface area (Å²) in [4.78, 5) is 17.6. The average Bonchev–Trinajstić information content (AvgIpc) is 3.04. The third-order valence-corrected chi connectivity index (χ3v) is 7.76. The van der Waals surface area contributed by atoms with Gasteiger partial charge < -0.3 is 9.47 Å². The maximum atomic E-state index is 12.9. The van der Waals surface area contributed by atoms with Crippen molar-refractivity contribution in [3.05, 3.63) is 77.0 Å². The smallest absolute Gasteiger partial charge is 0.343 e. The molecule has 2 aromatic carbocycles. The Kier molecular flexibility index (Phi) is 14.3. The Hall–Kier alpha value is -4.16. The van der Waals surface area contributed by atoms with Crippen molar-refractivity contribution in [2.24, 2.45) is 5.92 Å². The number of ether oxygens (including phenoxy) is 2. The fraction of sp³-hybridized carbons (Fsp3) is 0.459. The van der Waals surface area contributed by atoms with Gasteiger partial charge in [0.05, 0.1) is 17.9 Å². The zero-order valence-corrected chi connectivity index (χ0v) is 26.0. The van der Waals surface area contributed by atoms with Gasteiger partial charge in [-0.15, -0.1) is 0 Å². The first kappa shape index (κ1) is 33.3. The Morgan fingerprint density at radius 2 is 1.44 bits per heavy atom. The van der Waals surface area contributed by atoms with Gasteiger partial charge in [-0.1, -0.05) is 90.3 Å². The van der Waals surface area contributed by atoms with Gasteiger partial charge in [-0.2, -0.15) is 10.5 Å². The van der Waals surface area contributed by atoms with Gasteiger partial charge in [0.2, 0.25) is 0 Å². The standard InChI is InChI=1S/C37H45N3O3/c1-4-6-8-9-10-11-15-29-16-21-34(40-27-29)30-17-19-31(20-18-30)37(41)43-36-23-22-35(32(25-38)33(36)26-39)42-24-12-14-28(3)13-7-5-2/h16-23,27-28H,4-15,24H2,1-3H3/t28-/m0/s1. The molecule has 1 aromatic heterocycles. The fourth-order valence-corrected chi connectivity index (χ4v) is 5.09. The second-order valence-electron chi connectivity index (χ2n) is 11.3. The Bertz CT molecular complexity index is 1370. The molecule has 6 nitrogen and oxygen atoms in total. The predicted octanol–water partition coefficient (Wildman–Crippen LogP) is 9.60. The molecule has 0 aliphatic carbocycles. The van der Waals surface area contributed by atoms with Gasteiger partial charge in [-0.3, -0.25) is 4.98 Å². The monoisotopic (exact) mass is 579 g/mol. The zero-order chi connectivity index (χ0) is 30.9. The molecule has 0 amide bonds. The van der Waals surface area contributed by atoms with Crippen LogP contribution >= 0.6 is 0 Å². The number of pyridine rings is 1. The first-order valence-corrected chi connectivity index (χ1v) is 15.9. The molecule has 0 radical (unpaired) electrons. The van der Waals surface area contributed by atoms with Crippen LogP contribution in [0, 0.1) is 28.6 Å². The highest BCUT2D eigenvalue weighted by Crippen LogP contribution is 2.31. The number of nitrogens with zero attached hydrogens (tertiary/aromatic N) is 3. The summed E-state index contributed by atoms with van der Waals surface area (Å²) in [5.74, 6) is 0.385. The molecule has 3 aromatic rings. The van der Waals surface area contributed by atoms with Crippen LogP contribution in [-0.2, 0) is 6.42 Å². The van der Waals surface area contributed by atoms with Crippen molar-refractivity contribution in [3.63, 3.8) is 0 Å². The Morgan fingerprint density at radius 1 is 0.791 bits per heavy atom. The van der Waals surface area contributed by atoms with E-state index in [4.69, 9.17) is 9.47 Å². The van der Waals surface area contributed by atoms with E-state index in [0.717, 1.165) is 30.5 Å². The summed E-state index contributed by atoms with van der Waals surface area (Å²) < 4.78 is 11.4. The number of unbranched alkanes of at least 4 members (excludes halogenated alkanes) is 6. The summed E-state index contributed by atoms with van der Waals surface area (Å²) in [6.45, 7) is 7.13. The molecule has 0 aliphatic rings. The second-order valence-corrected chi connectivity index (χ2v) is 11.3. The lowest BCUT2D eigenvalue weighted by Gasteiger charge is -2.13. The third-order valence-electron chi connectivity index (χ3n) is 7.76. The first-order chi connectivity index (χ1) is 21.0. The number of esters is 1. The molecule has 43 heavy (non-hydrogen) atoms. The minimum Gasteiger partial charge on any atom is -0.492 e. The van der Waals surface area contributed by atoms with Crippen LogP contribution in [0.2, 0.25) is 0 Å². The highest BCUT2D eigenvalue weighted by atomic mass is 16.5. The lowest BCUT2D eigenvalue weighted by atomic mass is 9.99. The SMILES string of the molecule is CCCCCCCCc1ccc(-c2ccc(C(=O)Oc3ccc(OCCC[C@@H](C)CCCC)c(C#N)c3C#N)cc2)nc1. The van der Waals surface area contributed by atoms with Gasteiger partial charge in [0.1, 0.15) is 29.0 Å². The molecule has 0 saturated carbocycles. The Balaban J connectivity index is 1.57. The molecular weight excluding hydrogens is 534 g/mol. The van der Waals surface area contributed by atoms with Crippen molar-refractivity contribution < 1.29 is 14.3 Å². The number of rotatable bonds is 18. The summed E-state index contributed by atoms with van der Waals surface area (Å²) in [5.41, 5.74) is 3.37. The molecule has 6 heteroatoms. The van der Waals surface area contributed by atoms with Gasteiger partial charge in [0.15, 0.2) is 5.75 Å². The number of aromatic nitrogens is 1. The number of nitriles is 2. The third kappa shape index (κ3) is 10.6. The van der Waals surface area contributed by atoms with E-state index in [1.165, 1.54) is 69.4 Å². The Morgan fingerprint density at radius 3 is 2.12 bits per heavy atom. The van der Waals surface area contributed by atoms with E-state index in [1.54, 1.807) is 18.2 Å². The lowest BCUT2D eigenvalue weighted by Crippen LogP contribution is -2.10. The van der Waals surface area contributed by atoms with Crippen LogP contribution < -0.4 is 9.47 Å². The van der Waals surface area contributed by atoms with Gasteiger partial charge in [0, 0.05) is 11.8 Å². The molecule has 0 N–H and O–H groups in total. The van der Waals surface area contributed by atoms with Crippen LogP contribution in [-0.4, -0.2) is 17.6 Å². The highest BCUT2D eigenvalue weighted by molar-refractivity contribution is 5.92. The average molecular weight is 580 g/mol. The highest BCUT2D eigenvalue weighted by Gasteiger charge is 2.19. The summed E-state index contributed by atoms with van der Waals surface area (Å²) in [6.07, 6.45) is 16.1. The van der Waals surface area contributed by atoms with Gasteiger partial charge in [-0.05, 0) is 67.5 Å². The predicted molar refractivity (Wildman–Crippen MR) is 171 cm³/mol. The van der Waals surface area contributed by atoms with E-state index < -0.39 is 5.97 Å². The van der Waals surface area contributed by atoms with Gasteiger partial charge in [0.25, 0.3) is 0 Å². The molecule has 0 saturated heterocycles. The molecule has 0 aliphatic heterocycles. The van der Waals surface area contributed by atoms with E-state index >= 15 is 0 Å². The zero-order valence-electron chi connectivity index (χ0n) is 26.0. The van der Waals surface area contributed by atoms with Crippen LogP contribution in [0.3, 0.4) is 0 Å². The van der Waals surface area contributed by atoms with Gasteiger partial charge >= 0.3 is 5.97 Å². The molecule has 0 fully saturated rings. The molecule has 0 bridgehead atoms. The largest absolute Gasteiger partial charge is 0.492 e. The van der Waals surface area contributed by atoms with E-state index in [9.17, 15) is 15.3 Å². The summed E-state index contributed by atoms with van der Waals surface area (Å²) in [5, 5.41) is 19.5. The molecule has 0 unspecified atom stereocenters. The molecule has 0 spiro atoms. The lowest BCUT2D eigenvalue weighted by molar-refractivity contribution is 0.0734. The van der Waals surface area contributed by atoms with Gasteiger partial charge in [-0.25, -0.2) is 4.79 Å². The van der Waals surface area contributed by atoms with E-state index in [-0.39, 0.29) is 16.9 Å². The fourth-order valence-electron chi connectivity index (χ4n) is 5.09. The maximum Gasteiger partial charge on any atom is 0.343 e. The van der Waals surface area contributed by atoms with Crippen molar-refractivity contribution in [1.29, 1.82) is 10.5 Å². The number of hydrogen-bond donors (Lipinski definition) is 0. The van der Waals surface area contributed by atoms with E-state index in [1.807, 2.05) is 30.5 Å². The number of carbonyl (C=O) groups is 1. The molecule has 3 rings (SSSR count). The number of benzene rings is 2. The summed E-state index contributed by atoms with van der Waals surface area (Å²) in [6, 6.07) is 18.3. The first-order valence-electron chi connectivity index (χ1n) is 15.9. The maximum absolute atomic E-state index is 12.9. The number of carbonyl (C=O) groups excluding carboxylic acids is 1. The van der Waals surface area contributed by atoms with Crippen molar-refractivity contribution in [1.82, 2.24) is 4.98 Å². The number of hydrogen-bond acceptors (Lipinski definition) is 6. The Labute approximate surface area is 257 Å². The summed E-state index contributed by atoms with van der Waals surface area (Å²) in [7, 11) is 0. The molecule has 1 atom stereocenters. The van der Waals surface area contributed by atoms with Crippen molar-refractivity contribution in [3.8, 4) is 34.9 Å². The van der Waals surface area contributed by atoms with E-state index in [0.29, 0.717) is 23.8 Å². The van der Waals surface area contributed by atoms with Crippen molar-refractivity contribution >= 4 is 5.97 Å².